The number of anilines is 1. The molecule has 21 heavy (non-hydrogen) atoms. The molecule has 0 saturated heterocycles. The number of benzene rings is 1. The first-order valence-electron chi connectivity index (χ1n) is 6.46. The molecule has 1 amide bonds. The van der Waals surface area contributed by atoms with Gasteiger partial charge in [0.15, 0.2) is 0 Å². The lowest BCUT2D eigenvalue weighted by atomic mass is 10.0. The lowest BCUT2D eigenvalue weighted by Gasteiger charge is -2.09. The van der Waals surface area contributed by atoms with Crippen LogP contribution in [-0.2, 0) is 9.63 Å². The number of pyridine rings is 1. The average Bonchev–Trinajstić information content (AvgIpc) is 2.98. The Hall–Kier alpha value is -2.89. The van der Waals surface area contributed by atoms with Crippen molar-refractivity contribution < 1.29 is 14.7 Å². The Kier molecular flexibility index (Phi) is 3.51. The lowest BCUT2D eigenvalue weighted by molar-refractivity contribution is -0.125. The molecular formula is C15H13N3O3. The molecule has 3 rings (SSSR count). The van der Waals surface area contributed by atoms with E-state index < -0.39 is 6.10 Å². The zero-order valence-corrected chi connectivity index (χ0v) is 11.1. The number of hydrogen-bond donors (Lipinski definition) is 2. The van der Waals surface area contributed by atoms with Gasteiger partial charge < -0.3 is 15.3 Å². The van der Waals surface area contributed by atoms with E-state index in [9.17, 15) is 9.90 Å². The number of aromatic nitrogens is 1. The van der Waals surface area contributed by atoms with E-state index in [4.69, 9.17) is 4.84 Å². The van der Waals surface area contributed by atoms with Crippen LogP contribution in [0.25, 0.3) is 0 Å². The fraction of sp³-hybridized carbons (Fsp3) is 0.133. The number of carbonyl (C=O) groups is 1. The van der Waals surface area contributed by atoms with Crippen molar-refractivity contribution in [2.45, 2.75) is 12.5 Å². The van der Waals surface area contributed by atoms with E-state index in [1.54, 1.807) is 48.8 Å². The van der Waals surface area contributed by atoms with Gasteiger partial charge in [0, 0.05) is 18.2 Å². The van der Waals surface area contributed by atoms with Crippen molar-refractivity contribution >= 4 is 17.3 Å². The third kappa shape index (κ3) is 2.84. The van der Waals surface area contributed by atoms with E-state index in [0.717, 1.165) is 0 Å². The summed E-state index contributed by atoms with van der Waals surface area (Å²) >= 11 is 0. The number of carbonyl (C=O) groups excluding carboxylic acids is 1. The molecule has 2 aromatic rings. The minimum atomic E-state index is -0.709. The highest BCUT2D eigenvalue weighted by Crippen LogP contribution is 2.24. The van der Waals surface area contributed by atoms with Crippen LogP contribution in [0.15, 0.2) is 53.9 Å². The quantitative estimate of drug-likeness (QED) is 0.901. The molecule has 6 nitrogen and oxygen atoms in total. The van der Waals surface area contributed by atoms with Crippen molar-refractivity contribution in [1.82, 2.24) is 4.98 Å². The third-order valence-corrected chi connectivity index (χ3v) is 3.11. The van der Waals surface area contributed by atoms with Crippen LogP contribution in [0.2, 0.25) is 0 Å². The average molecular weight is 283 g/mol. The predicted molar refractivity (Wildman–Crippen MR) is 77.0 cm³/mol. The van der Waals surface area contributed by atoms with Crippen molar-refractivity contribution in [1.29, 1.82) is 0 Å². The van der Waals surface area contributed by atoms with Crippen LogP contribution in [-0.4, -0.2) is 27.8 Å². The summed E-state index contributed by atoms with van der Waals surface area (Å²) in [6.45, 7) is 0. The van der Waals surface area contributed by atoms with E-state index in [-0.39, 0.29) is 11.7 Å². The normalized spacial score (nSPS) is 17.0. The van der Waals surface area contributed by atoms with Gasteiger partial charge in [-0.05, 0) is 24.3 Å². The van der Waals surface area contributed by atoms with Crippen LogP contribution in [0.3, 0.4) is 0 Å². The SMILES string of the molecule is O=C(Nc1cccnc1)[C@@H]1CC(c2ccccc2O)=NO1. The zero-order valence-electron chi connectivity index (χ0n) is 11.1. The van der Waals surface area contributed by atoms with Crippen LogP contribution in [0, 0.1) is 0 Å². The Morgan fingerprint density at radius 2 is 2.14 bits per heavy atom. The molecule has 1 aromatic carbocycles. The van der Waals surface area contributed by atoms with Crippen molar-refractivity contribution in [3.63, 3.8) is 0 Å². The molecule has 2 heterocycles. The maximum Gasteiger partial charge on any atom is 0.268 e. The van der Waals surface area contributed by atoms with Crippen molar-refractivity contribution in [3.05, 3.63) is 54.4 Å². The van der Waals surface area contributed by atoms with Gasteiger partial charge in [0.05, 0.1) is 17.6 Å². The number of oxime groups is 1. The molecule has 1 aliphatic rings. The first kappa shape index (κ1) is 13.1. The Balaban J connectivity index is 1.66. The molecular weight excluding hydrogens is 270 g/mol. The van der Waals surface area contributed by atoms with E-state index in [2.05, 4.69) is 15.5 Å². The number of phenolic OH excluding ortho intramolecular Hbond substituents is 1. The van der Waals surface area contributed by atoms with Gasteiger partial charge >= 0.3 is 0 Å². The number of para-hydroxylation sites is 1. The summed E-state index contributed by atoms with van der Waals surface area (Å²) in [5, 5.41) is 16.4. The topological polar surface area (TPSA) is 83.8 Å². The van der Waals surface area contributed by atoms with E-state index in [0.29, 0.717) is 23.4 Å². The van der Waals surface area contributed by atoms with Gasteiger partial charge in [0.2, 0.25) is 6.10 Å². The number of rotatable bonds is 3. The monoisotopic (exact) mass is 283 g/mol. The summed E-state index contributed by atoms with van der Waals surface area (Å²) in [4.78, 5) is 21.2. The smallest absolute Gasteiger partial charge is 0.268 e. The largest absolute Gasteiger partial charge is 0.507 e. The van der Waals surface area contributed by atoms with Crippen molar-refractivity contribution in [2.24, 2.45) is 5.16 Å². The minimum Gasteiger partial charge on any atom is -0.507 e. The second kappa shape index (κ2) is 5.62. The molecule has 106 valence electrons. The van der Waals surface area contributed by atoms with E-state index >= 15 is 0 Å². The van der Waals surface area contributed by atoms with Crippen LogP contribution in [0.4, 0.5) is 5.69 Å². The highest BCUT2D eigenvalue weighted by Gasteiger charge is 2.29. The van der Waals surface area contributed by atoms with Crippen LogP contribution in [0.5, 0.6) is 5.75 Å². The highest BCUT2D eigenvalue weighted by molar-refractivity contribution is 6.07. The minimum absolute atomic E-state index is 0.119. The number of hydrogen-bond acceptors (Lipinski definition) is 5. The maximum absolute atomic E-state index is 12.1. The van der Waals surface area contributed by atoms with Crippen LogP contribution in [0.1, 0.15) is 12.0 Å². The van der Waals surface area contributed by atoms with Gasteiger partial charge in [0.25, 0.3) is 5.91 Å². The Morgan fingerprint density at radius 1 is 1.29 bits per heavy atom. The number of aromatic hydroxyl groups is 1. The second-order valence-electron chi connectivity index (χ2n) is 4.58. The van der Waals surface area contributed by atoms with Gasteiger partial charge in [-0.3, -0.25) is 9.78 Å². The molecule has 0 fully saturated rings. The molecule has 0 aliphatic carbocycles. The number of amides is 1. The summed E-state index contributed by atoms with van der Waals surface area (Å²) in [7, 11) is 0. The van der Waals surface area contributed by atoms with Gasteiger partial charge in [-0.15, -0.1) is 0 Å². The molecule has 6 heteroatoms. The number of nitrogens with one attached hydrogen (secondary N) is 1. The van der Waals surface area contributed by atoms with Crippen molar-refractivity contribution in [3.8, 4) is 5.75 Å². The summed E-state index contributed by atoms with van der Waals surface area (Å²) in [6.07, 6.45) is 2.78. The van der Waals surface area contributed by atoms with Gasteiger partial charge in [-0.1, -0.05) is 17.3 Å². The van der Waals surface area contributed by atoms with Gasteiger partial charge in [-0.25, -0.2) is 0 Å². The summed E-state index contributed by atoms with van der Waals surface area (Å²) in [5.41, 5.74) is 1.73. The first-order valence-corrected chi connectivity index (χ1v) is 6.46. The number of nitrogens with zero attached hydrogens (tertiary/aromatic N) is 2. The number of phenols is 1. The molecule has 2 N–H and O–H groups in total. The Labute approximate surface area is 121 Å². The zero-order chi connectivity index (χ0) is 14.7. The Morgan fingerprint density at radius 3 is 2.90 bits per heavy atom. The summed E-state index contributed by atoms with van der Waals surface area (Å²) in [5.74, 6) is -0.176. The molecule has 0 unspecified atom stereocenters. The Bertz CT molecular complexity index is 686. The third-order valence-electron chi connectivity index (χ3n) is 3.11. The molecule has 1 aliphatic heterocycles. The van der Waals surface area contributed by atoms with Crippen LogP contribution < -0.4 is 5.32 Å². The first-order chi connectivity index (χ1) is 10.2. The molecule has 0 saturated carbocycles. The fourth-order valence-electron chi connectivity index (χ4n) is 2.05. The molecule has 0 bridgehead atoms. The van der Waals surface area contributed by atoms with Gasteiger partial charge in [0.1, 0.15) is 5.75 Å². The predicted octanol–water partition coefficient (Wildman–Crippen LogP) is 1.92. The highest BCUT2D eigenvalue weighted by atomic mass is 16.6. The second-order valence-corrected chi connectivity index (χ2v) is 4.58. The van der Waals surface area contributed by atoms with Crippen molar-refractivity contribution in [2.75, 3.05) is 5.32 Å². The lowest BCUT2D eigenvalue weighted by Crippen LogP contribution is -2.28. The molecule has 1 atom stereocenters. The molecule has 0 spiro atoms. The maximum atomic E-state index is 12.1. The van der Waals surface area contributed by atoms with E-state index in [1.165, 1.54) is 0 Å². The van der Waals surface area contributed by atoms with E-state index in [1.807, 2.05) is 0 Å². The standard InChI is InChI=1S/C15H13N3O3/c19-13-6-2-1-5-11(13)12-8-14(21-18-12)15(20)17-10-4-3-7-16-9-10/h1-7,9,14,19H,8H2,(H,17,20)/t14-/m0/s1. The van der Waals surface area contributed by atoms with Gasteiger partial charge in [-0.2, -0.15) is 0 Å². The molecule has 1 aromatic heterocycles. The summed E-state index contributed by atoms with van der Waals surface area (Å²) < 4.78 is 0. The fourth-order valence-corrected chi connectivity index (χ4v) is 2.05. The molecule has 0 radical (unpaired) electrons. The summed E-state index contributed by atoms with van der Waals surface area (Å²) in [6, 6.07) is 10.3. The van der Waals surface area contributed by atoms with Crippen LogP contribution >= 0.6 is 0 Å².